The van der Waals surface area contributed by atoms with Crippen LogP contribution in [0.25, 0.3) is 0 Å². The molecule has 1 aromatic carbocycles. The van der Waals surface area contributed by atoms with Crippen LogP contribution in [0.2, 0.25) is 0 Å². The molecule has 6 nitrogen and oxygen atoms in total. The minimum Gasteiger partial charge on any atom is -0.383 e. The molecule has 0 amide bonds. The Hall–Kier alpha value is -3.07. The highest BCUT2D eigenvalue weighted by molar-refractivity contribution is 6.70. The molecule has 0 bridgehead atoms. The van der Waals surface area contributed by atoms with E-state index < -0.39 is 17.5 Å². The lowest BCUT2D eigenvalue weighted by molar-refractivity contribution is -0.115. The molecule has 0 fully saturated rings. The van der Waals surface area contributed by atoms with Crippen LogP contribution in [0.15, 0.2) is 46.7 Å². The first-order valence-corrected chi connectivity index (χ1v) is 6.57. The number of ketones is 2. The number of hydrogen-bond acceptors (Lipinski definition) is 6. The highest BCUT2D eigenvalue weighted by Crippen LogP contribution is 2.19. The average Bonchev–Trinajstić information content (AvgIpc) is 2.53. The Morgan fingerprint density at radius 1 is 1.32 bits per heavy atom. The summed E-state index contributed by atoms with van der Waals surface area (Å²) in [5, 5.41) is 16.2. The lowest BCUT2D eigenvalue weighted by Gasteiger charge is -2.14. The number of carbonyl (C=O) groups is 2. The van der Waals surface area contributed by atoms with Crippen LogP contribution in [-0.2, 0) is 9.59 Å². The van der Waals surface area contributed by atoms with Crippen molar-refractivity contribution >= 4 is 23.5 Å². The van der Waals surface area contributed by atoms with E-state index in [1.165, 1.54) is 12.3 Å². The van der Waals surface area contributed by atoms with Gasteiger partial charge < -0.3 is 4.90 Å². The molecule has 1 aliphatic heterocycles. The van der Waals surface area contributed by atoms with E-state index in [9.17, 15) is 9.59 Å². The first-order chi connectivity index (χ1) is 10.5. The van der Waals surface area contributed by atoms with Crippen molar-refractivity contribution in [2.24, 2.45) is 10.2 Å². The maximum Gasteiger partial charge on any atom is 0.211 e. The van der Waals surface area contributed by atoms with Gasteiger partial charge in [0.15, 0.2) is 11.5 Å². The minimum absolute atomic E-state index is 0.185. The van der Waals surface area contributed by atoms with E-state index in [1.807, 2.05) is 6.07 Å². The number of allylic oxidation sites excluding steroid dienone is 1. The molecule has 0 spiro atoms. The van der Waals surface area contributed by atoms with Crippen molar-refractivity contribution in [1.82, 2.24) is 4.90 Å². The van der Waals surface area contributed by atoms with Gasteiger partial charge in [-0.3, -0.25) is 9.59 Å². The Morgan fingerprint density at radius 3 is 2.59 bits per heavy atom. The summed E-state index contributed by atoms with van der Waals surface area (Å²) in [6, 6.07) is 8.61. The van der Waals surface area contributed by atoms with Crippen molar-refractivity contribution < 1.29 is 9.59 Å². The number of carbonyl (C=O) groups excluding carboxylic acids is 2. The molecule has 0 radical (unpaired) electrons. The highest BCUT2D eigenvalue weighted by Gasteiger charge is 2.30. The van der Waals surface area contributed by atoms with Crippen molar-refractivity contribution in [2.75, 3.05) is 14.1 Å². The van der Waals surface area contributed by atoms with Gasteiger partial charge >= 0.3 is 0 Å². The molecule has 1 unspecified atom stereocenters. The van der Waals surface area contributed by atoms with Gasteiger partial charge in [0.05, 0.1) is 17.6 Å². The topological polar surface area (TPSA) is 85.9 Å². The predicted molar refractivity (Wildman–Crippen MR) is 82.7 cm³/mol. The molecule has 0 saturated heterocycles. The van der Waals surface area contributed by atoms with Gasteiger partial charge in [-0.1, -0.05) is 12.1 Å². The lowest BCUT2D eigenvalue weighted by Crippen LogP contribution is -2.31. The smallest absolute Gasteiger partial charge is 0.211 e. The van der Waals surface area contributed by atoms with Gasteiger partial charge in [-0.2, -0.15) is 10.4 Å². The number of rotatable bonds is 4. The first-order valence-electron chi connectivity index (χ1n) is 6.57. The maximum atomic E-state index is 12.4. The highest BCUT2D eigenvalue weighted by atomic mass is 16.2. The summed E-state index contributed by atoms with van der Waals surface area (Å²) in [5.74, 6) is -1.53. The van der Waals surface area contributed by atoms with Crippen molar-refractivity contribution in [1.29, 1.82) is 5.26 Å². The van der Waals surface area contributed by atoms with Crippen molar-refractivity contribution in [3.63, 3.8) is 0 Å². The summed E-state index contributed by atoms with van der Waals surface area (Å²) in [7, 11) is 3.54. The van der Waals surface area contributed by atoms with Gasteiger partial charge in [0.1, 0.15) is 0 Å². The van der Waals surface area contributed by atoms with E-state index in [2.05, 4.69) is 10.2 Å². The molecule has 0 N–H and O–H groups in total. The Kier molecular flexibility index (Phi) is 4.59. The third kappa shape index (κ3) is 3.33. The molecule has 22 heavy (non-hydrogen) atoms. The molecule has 1 aromatic rings. The molecule has 0 aliphatic carbocycles. The largest absolute Gasteiger partial charge is 0.383 e. The summed E-state index contributed by atoms with van der Waals surface area (Å²) in [6.07, 6.45) is 4.23. The Balaban J connectivity index is 2.23. The molecule has 110 valence electrons. The molecular weight excluding hydrogens is 280 g/mol. The van der Waals surface area contributed by atoms with Crippen LogP contribution in [-0.4, -0.2) is 42.5 Å². The van der Waals surface area contributed by atoms with E-state index in [-0.39, 0.29) is 5.71 Å². The normalized spacial score (nSPS) is 17.2. The third-order valence-electron chi connectivity index (χ3n) is 3.05. The summed E-state index contributed by atoms with van der Waals surface area (Å²) in [6.45, 7) is 0. The SMILES string of the molecule is CN(C)C=CC(=O)C1=NN=CC(c2ccc(C#N)cc2)C1=O. The van der Waals surface area contributed by atoms with E-state index in [0.29, 0.717) is 11.1 Å². The van der Waals surface area contributed by atoms with Crippen LogP contribution in [0, 0.1) is 11.3 Å². The summed E-state index contributed by atoms with van der Waals surface area (Å²) >= 11 is 0. The molecule has 1 aliphatic rings. The molecule has 2 rings (SSSR count). The number of hydrogen-bond donors (Lipinski definition) is 0. The first kappa shape index (κ1) is 15.3. The standard InChI is InChI=1S/C16H14N4O2/c1-20(2)8-7-14(21)15-16(22)13(10-18-19-15)12-5-3-11(9-17)4-6-12/h3-8,10,13H,1-2H3. The third-order valence-corrected chi connectivity index (χ3v) is 3.05. The van der Waals surface area contributed by atoms with Crippen LogP contribution >= 0.6 is 0 Å². The lowest BCUT2D eigenvalue weighted by atomic mass is 9.90. The molecule has 1 heterocycles. The predicted octanol–water partition coefficient (Wildman–Crippen LogP) is 1.30. The molecule has 6 heteroatoms. The average molecular weight is 294 g/mol. The van der Waals surface area contributed by atoms with E-state index in [1.54, 1.807) is 49.5 Å². The minimum atomic E-state index is -0.656. The van der Waals surface area contributed by atoms with Gasteiger partial charge in [0, 0.05) is 32.6 Å². The Bertz CT molecular complexity index is 722. The fourth-order valence-corrected chi connectivity index (χ4v) is 1.89. The second-order valence-electron chi connectivity index (χ2n) is 4.93. The second-order valence-corrected chi connectivity index (χ2v) is 4.93. The van der Waals surface area contributed by atoms with Gasteiger partial charge in [0.25, 0.3) is 0 Å². The van der Waals surface area contributed by atoms with Gasteiger partial charge in [-0.25, -0.2) is 0 Å². The number of nitrogens with zero attached hydrogens (tertiary/aromatic N) is 4. The molecular formula is C16H14N4O2. The second kappa shape index (κ2) is 6.59. The summed E-state index contributed by atoms with van der Waals surface area (Å²) in [5.41, 5.74) is 0.988. The van der Waals surface area contributed by atoms with Crippen LogP contribution in [0.5, 0.6) is 0 Å². The zero-order valence-corrected chi connectivity index (χ0v) is 12.2. The van der Waals surface area contributed by atoms with Gasteiger partial charge in [-0.05, 0) is 17.7 Å². The zero-order valence-electron chi connectivity index (χ0n) is 12.2. The van der Waals surface area contributed by atoms with Gasteiger partial charge in [-0.15, -0.1) is 5.10 Å². The number of nitriles is 1. The van der Waals surface area contributed by atoms with Crippen LogP contribution in [0.3, 0.4) is 0 Å². The number of Topliss-reactive ketones (excluding diaryl/α,β-unsaturated/α-hetero) is 1. The van der Waals surface area contributed by atoms with Crippen LogP contribution in [0.4, 0.5) is 0 Å². The van der Waals surface area contributed by atoms with E-state index in [4.69, 9.17) is 5.26 Å². The fraction of sp³-hybridized carbons (Fsp3) is 0.188. The van der Waals surface area contributed by atoms with Crippen molar-refractivity contribution in [3.8, 4) is 6.07 Å². The Morgan fingerprint density at radius 2 is 2.00 bits per heavy atom. The van der Waals surface area contributed by atoms with E-state index >= 15 is 0 Å². The van der Waals surface area contributed by atoms with Crippen LogP contribution in [0.1, 0.15) is 17.0 Å². The van der Waals surface area contributed by atoms with Crippen molar-refractivity contribution in [2.45, 2.75) is 5.92 Å². The zero-order chi connectivity index (χ0) is 16.1. The molecule has 0 saturated carbocycles. The Labute approximate surface area is 128 Å². The molecule has 1 atom stereocenters. The monoisotopic (exact) mass is 294 g/mol. The quantitative estimate of drug-likeness (QED) is 0.783. The van der Waals surface area contributed by atoms with Crippen molar-refractivity contribution in [3.05, 3.63) is 47.7 Å². The summed E-state index contributed by atoms with van der Waals surface area (Å²) in [4.78, 5) is 26.1. The van der Waals surface area contributed by atoms with Gasteiger partial charge in [0.2, 0.25) is 5.78 Å². The van der Waals surface area contributed by atoms with E-state index in [0.717, 1.165) is 0 Å². The number of benzene rings is 1. The van der Waals surface area contributed by atoms with Crippen LogP contribution < -0.4 is 0 Å². The summed E-state index contributed by atoms with van der Waals surface area (Å²) < 4.78 is 0. The maximum absolute atomic E-state index is 12.4. The fourth-order valence-electron chi connectivity index (χ4n) is 1.89. The molecule has 0 aromatic heterocycles.